The van der Waals surface area contributed by atoms with Gasteiger partial charge in [-0.1, -0.05) is 6.92 Å². The monoisotopic (exact) mass is 404 g/mol. The summed E-state index contributed by atoms with van der Waals surface area (Å²) in [5, 5.41) is 0. The van der Waals surface area contributed by atoms with Gasteiger partial charge in [-0.25, -0.2) is 4.57 Å². The van der Waals surface area contributed by atoms with Gasteiger partial charge in [0.05, 0.1) is 6.61 Å². The number of phosphoric acid groups is 1. The average Bonchev–Trinajstić information content (AvgIpc) is 2.39. The predicted octanol–water partition coefficient (Wildman–Crippen LogP) is 4.95. The fourth-order valence-corrected chi connectivity index (χ4v) is 2.07. The van der Waals surface area contributed by atoms with Crippen LogP contribution in [0.4, 0.5) is 43.9 Å². The molecule has 0 heterocycles. The molecular formula is C9H11F10O4P. The number of phosphoric ester groups is 1. The number of rotatable bonds is 9. The van der Waals surface area contributed by atoms with Crippen LogP contribution in [0.15, 0.2) is 0 Å². The standard InChI is InChI=1S/C9H11F10O4P/c1-2-3-21-24(20,22-4-6(10,11)8(14,15)16)23-5-7(12,13)9(17,18)19/h2-5H2,1H3. The Kier molecular flexibility index (Phi) is 7.56. The van der Waals surface area contributed by atoms with Crippen molar-refractivity contribution in [3.8, 4) is 0 Å². The summed E-state index contributed by atoms with van der Waals surface area (Å²) in [7, 11) is -5.53. The minimum Gasteiger partial charge on any atom is -0.287 e. The van der Waals surface area contributed by atoms with Crippen LogP contribution in [0, 0.1) is 0 Å². The van der Waals surface area contributed by atoms with Crippen LogP contribution in [-0.4, -0.2) is 44.0 Å². The van der Waals surface area contributed by atoms with E-state index in [9.17, 15) is 48.5 Å². The molecule has 0 saturated carbocycles. The maximum atomic E-state index is 12.6. The second kappa shape index (κ2) is 7.75. The Morgan fingerprint density at radius 1 is 0.708 bits per heavy atom. The van der Waals surface area contributed by atoms with Crippen LogP contribution in [0.5, 0.6) is 0 Å². The molecule has 0 N–H and O–H groups in total. The Bertz CT molecular complexity index is 413. The first kappa shape index (κ1) is 23.4. The van der Waals surface area contributed by atoms with Gasteiger partial charge in [-0.05, 0) is 6.42 Å². The second-order valence-corrected chi connectivity index (χ2v) is 5.90. The molecule has 0 aliphatic carbocycles. The molecule has 0 rings (SSSR count). The van der Waals surface area contributed by atoms with Gasteiger partial charge in [0.15, 0.2) is 0 Å². The van der Waals surface area contributed by atoms with E-state index in [0.717, 1.165) is 0 Å². The van der Waals surface area contributed by atoms with Crippen molar-refractivity contribution in [1.29, 1.82) is 0 Å². The van der Waals surface area contributed by atoms with Gasteiger partial charge in [-0.15, -0.1) is 0 Å². The van der Waals surface area contributed by atoms with Crippen molar-refractivity contribution in [1.82, 2.24) is 0 Å². The molecule has 0 spiro atoms. The summed E-state index contributed by atoms with van der Waals surface area (Å²) in [6, 6.07) is 0. The zero-order valence-corrected chi connectivity index (χ0v) is 12.6. The van der Waals surface area contributed by atoms with Crippen molar-refractivity contribution >= 4 is 7.82 Å². The number of alkyl halides is 10. The maximum absolute atomic E-state index is 12.6. The third-order valence-electron chi connectivity index (χ3n) is 2.09. The van der Waals surface area contributed by atoms with Crippen molar-refractivity contribution in [3.05, 3.63) is 0 Å². The van der Waals surface area contributed by atoms with Crippen LogP contribution in [-0.2, 0) is 18.1 Å². The van der Waals surface area contributed by atoms with E-state index in [1.54, 1.807) is 0 Å². The third kappa shape index (κ3) is 6.73. The molecular weight excluding hydrogens is 393 g/mol. The van der Waals surface area contributed by atoms with Crippen LogP contribution < -0.4 is 0 Å². The fraction of sp³-hybridized carbons (Fsp3) is 1.00. The Morgan fingerprint density at radius 3 is 1.29 bits per heavy atom. The summed E-state index contributed by atoms with van der Waals surface area (Å²) >= 11 is 0. The highest BCUT2D eigenvalue weighted by Crippen LogP contribution is 2.53. The molecule has 0 saturated heterocycles. The summed E-state index contributed by atoms with van der Waals surface area (Å²) < 4.78 is 145. The van der Waals surface area contributed by atoms with Crippen molar-refractivity contribution in [2.45, 2.75) is 37.5 Å². The molecule has 0 aliphatic heterocycles. The Hall–Kier alpha value is -0.590. The average molecular weight is 404 g/mol. The molecule has 0 aliphatic rings. The molecule has 0 fully saturated rings. The first-order valence-electron chi connectivity index (χ1n) is 5.90. The van der Waals surface area contributed by atoms with E-state index in [2.05, 4.69) is 13.6 Å². The van der Waals surface area contributed by atoms with Crippen LogP contribution in [0.25, 0.3) is 0 Å². The summed E-state index contributed by atoms with van der Waals surface area (Å²) in [6.07, 6.45) is -12.3. The van der Waals surface area contributed by atoms with Crippen molar-refractivity contribution < 1.29 is 62.0 Å². The van der Waals surface area contributed by atoms with Crippen LogP contribution >= 0.6 is 7.82 Å². The predicted molar refractivity (Wildman–Crippen MR) is 57.8 cm³/mol. The van der Waals surface area contributed by atoms with E-state index < -0.39 is 51.8 Å². The lowest BCUT2D eigenvalue weighted by Gasteiger charge is -2.25. The van der Waals surface area contributed by atoms with Crippen LogP contribution in [0.2, 0.25) is 0 Å². The maximum Gasteiger partial charge on any atom is 0.475 e. The summed E-state index contributed by atoms with van der Waals surface area (Å²) in [5.41, 5.74) is 0. The lowest BCUT2D eigenvalue weighted by Crippen LogP contribution is -2.41. The van der Waals surface area contributed by atoms with Gasteiger partial charge >= 0.3 is 32.0 Å². The lowest BCUT2D eigenvalue weighted by atomic mass is 10.3. The topological polar surface area (TPSA) is 44.8 Å². The van der Waals surface area contributed by atoms with Crippen molar-refractivity contribution in [2.24, 2.45) is 0 Å². The highest BCUT2D eigenvalue weighted by atomic mass is 31.2. The summed E-state index contributed by atoms with van der Waals surface area (Å²) in [4.78, 5) is 0. The minimum absolute atomic E-state index is 0.0535. The van der Waals surface area contributed by atoms with E-state index in [4.69, 9.17) is 0 Å². The molecule has 0 amide bonds. The normalized spacial score (nSPS) is 15.0. The van der Waals surface area contributed by atoms with E-state index in [1.165, 1.54) is 6.92 Å². The molecule has 0 atom stereocenters. The van der Waals surface area contributed by atoms with Gasteiger partial charge in [-0.3, -0.25) is 13.6 Å². The van der Waals surface area contributed by atoms with Crippen molar-refractivity contribution in [3.63, 3.8) is 0 Å². The second-order valence-electron chi connectivity index (χ2n) is 4.23. The first-order chi connectivity index (χ1) is 10.5. The molecule has 0 aromatic heterocycles. The van der Waals surface area contributed by atoms with Crippen molar-refractivity contribution in [2.75, 3.05) is 19.8 Å². The van der Waals surface area contributed by atoms with E-state index >= 15 is 0 Å². The van der Waals surface area contributed by atoms with E-state index in [1.807, 2.05) is 0 Å². The van der Waals surface area contributed by atoms with Gasteiger partial charge in [0.2, 0.25) is 0 Å². The molecule has 0 aromatic rings. The lowest BCUT2D eigenvalue weighted by molar-refractivity contribution is -0.295. The SMILES string of the molecule is CCCOP(=O)(OCC(F)(F)C(F)(F)F)OCC(F)(F)C(F)(F)F. The summed E-state index contributed by atoms with van der Waals surface area (Å²) in [6.45, 7) is -4.68. The van der Waals surface area contributed by atoms with Crippen LogP contribution in [0.3, 0.4) is 0 Å². The number of halogens is 10. The molecule has 4 nitrogen and oxygen atoms in total. The quantitative estimate of drug-likeness (QED) is 0.403. The van der Waals surface area contributed by atoms with E-state index in [0.29, 0.717) is 0 Å². The molecule has 146 valence electrons. The van der Waals surface area contributed by atoms with Gasteiger partial charge in [-0.2, -0.15) is 43.9 Å². The Labute approximate surface area is 128 Å². The molecule has 24 heavy (non-hydrogen) atoms. The molecule has 0 unspecified atom stereocenters. The molecule has 0 radical (unpaired) electrons. The number of hydrogen-bond acceptors (Lipinski definition) is 4. The minimum atomic E-state index is -6.14. The molecule has 15 heteroatoms. The Balaban J connectivity index is 5.07. The van der Waals surface area contributed by atoms with Gasteiger partial charge < -0.3 is 0 Å². The third-order valence-corrected chi connectivity index (χ3v) is 3.48. The van der Waals surface area contributed by atoms with Crippen LogP contribution in [0.1, 0.15) is 13.3 Å². The zero-order valence-electron chi connectivity index (χ0n) is 11.7. The number of hydrogen-bond donors (Lipinski definition) is 0. The van der Waals surface area contributed by atoms with Gasteiger partial charge in [0, 0.05) is 0 Å². The fourth-order valence-electron chi connectivity index (χ4n) is 0.799. The van der Waals surface area contributed by atoms with Gasteiger partial charge in [0.1, 0.15) is 13.2 Å². The highest BCUT2D eigenvalue weighted by Gasteiger charge is 2.60. The smallest absolute Gasteiger partial charge is 0.287 e. The highest BCUT2D eigenvalue weighted by molar-refractivity contribution is 7.48. The molecule has 0 aromatic carbocycles. The van der Waals surface area contributed by atoms with Gasteiger partial charge in [0.25, 0.3) is 0 Å². The zero-order chi connectivity index (χ0) is 19.4. The van der Waals surface area contributed by atoms with E-state index in [-0.39, 0.29) is 6.42 Å². The molecule has 0 bridgehead atoms. The largest absolute Gasteiger partial charge is 0.475 e. The summed E-state index contributed by atoms with van der Waals surface area (Å²) in [5.74, 6) is -11.1. The Morgan fingerprint density at radius 2 is 1.04 bits per heavy atom. The first-order valence-corrected chi connectivity index (χ1v) is 7.36.